The maximum Gasteiger partial charge on any atom is 0.0144 e. The monoisotopic (exact) mass is 212 g/mol. The fourth-order valence-corrected chi connectivity index (χ4v) is 3.04. The maximum absolute atomic E-state index is 3.73. The van der Waals surface area contributed by atoms with Crippen molar-refractivity contribution in [1.82, 2.24) is 10.6 Å². The van der Waals surface area contributed by atoms with Gasteiger partial charge in [0.15, 0.2) is 0 Å². The van der Waals surface area contributed by atoms with E-state index in [4.69, 9.17) is 0 Å². The summed E-state index contributed by atoms with van der Waals surface area (Å²) in [4.78, 5) is 0. The third kappa shape index (κ3) is 4.52. The highest BCUT2D eigenvalue weighted by Gasteiger charge is 2.38. The van der Waals surface area contributed by atoms with Crippen molar-refractivity contribution in [2.24, 2.45) is 0 Å². The summed E-state index contributed by atoms with van der Waals surface area (Å²) in [5, 5.41) is 7.44. The first-order valence-corrected chi connectivity index (χ1v) is 6.06. The summed E-state index contributed by atoms with van der Waals surface area (Å²) in [6.07, 6.45) is 2.40. The molecule has 0 spiro atoms. The van der Waals surface area contributed by atoms with Crippen molar-refractivity contribution in [3.05, 3.63) is 0 Å². The van der Waals surface area contributed by atoms with Gasteiger partial charge in [0.2, 0.25) is 0 Å². The van der Waals surface area contributed by atoms with E-state index < -0.39 is 0 Å². The SMILES string of the molecule is CC(C)(C)NC1CC(C)(C)NC(C)(C)C1. The first-order valence-electron chi connectivity index (χ1n) is 6.06. The Morgan fingerprint density at radius 2 is 1.40 bits per heavy atom. The summed E-state index contributed by atoms with van der Waals surface area (Å²) in [6.45, 7) is 15.9. The van der Waals surface area contributed by atoms with Crippen molar-refractivity contribution in [3.63, 3.8) is 0 Å². The third-order valence-electron chi connectivity index (χ3n) is 2.83. The van der Waals surface area contributed by atoms with Crippen molar-refractivity contribution in [2.45, 2.75) is 84.0 Å². The predicted molar refractivity (Wildman–Crippen MR) is 67.2 cm³/mol. The molecule has 2 nitrogen and oxygen atoms in total. The summed E-state index contributed by atoms with van der Waals surface area (Å²) in [5.41, 5.74) is 0.698. The second-order valence-corrected chi connectivity index (χ2v) is 7.39. The molecule has 0 aromatic carbocycles. The van der Waals surface area contributed by atoms with Gasteiger partial charge in [0, 0.05) is 22.7 Å². The Kier molecular flexibility index (Phi) is 3.24. The van der Waals surface area contributed by atoms with Crippen LogP contribution in [0.1, 0.15) is 61.3 Å². The van der Waals surface area contributed by atoms with Crippen LogP contribution < -0.4 is 10.6 Å². The highest BCUT2D eigenvalue weighted by atomic mass is 15.1. The number of rotatable bonds is 1. The maximum atomic E-state index is 3.73. The summed E-state index contributed by atoms with van der Waals surface area (Å²) in [5.74, 6) is 0. The third-order valence-corrected chi connectivity index (χ3v) is 2.83. The lowest BCUT2D eigenvalue weighted by atomic mass is 9.79. The predicted octanol–water partition coefficient (Wildman–Crippen LogP) is 2.68. The van der Waals surface area contributed by atoms with E-state index in [1.54, 1.807) is 0 Å². The molecule has 15 heavy (non-hydrogen) atoms. The first kappa shape index (κ1) is 13.0. The molecule has 0 amide bonds. The molecule has 1 aliphatic heterocycles. The topological polar surface area (TPSA) is 24.1 Å². The zero-order valence-electron chi connectivity index (χ0n) is 11.5. The van der Waals surface area contributed by atoms with Crippen LogP contribution in [0.25, 0.3) is 0 Å². The zero-order valence-corrected chi connectivity index (χ0v) is 11.5. The van der Waals surface area contributed by atoms with Crippen molar-refractivity contribution in [3.8, 4) is 0 Å². The van der Waals surface area contributed by atoms with Crippen molar-refractivity contribution >= 4 is 0 Å². The minimum Gasteiger partial charge on any atom is -0.309 e. The van der Waals surface area contributed by atoms with E-state index in [1.807, 2.05) is 0 Å². The Bertz CT molecular complexity index is 204. The van der Waals surface area contributed by atoms with Gasteiger partial charge in [-0.3, -0.25) is 0 Å². The second kappa shape index (κ2) is 3.74. The van der Waals surface area contributed by atoms with Gasteiger partial charge in [-0.1, -0.05) is 0 Å². The summed E-state index contributed by atoms with van der Waals surface area (Å²) < 4.78 is 0. The highest BCUT2D eigenvalue weighted by molar-refractivity contribution is 5.00. The standard InChI is InChI=1S/C13H28N2/c1-11(2,3)14-10-8-12(4,5)15-13(6,7)9-10/h10,14-15H,8-9H2,1-7H3. The van der Waals surface area contributed by atoms with Crippen LogP contribution in [0.2, 0.25) is 0 Å². The lowest BCUT2D eigenvalue weighted by molar-refractivity contribution is 0.131. The minimum absolute atomic E-state index is 0.216. The van der Waals surface area contributed by atoms with Crippen LogP contribution in [0.3, 0.4) is 0 Å². The van der Waals surface area contributed by atoms with Gasteiger partial charge in [0.05, 0.1) is 0 Å². The Morgan fingerprint density at radius 3 is 1.73 bits per heavy atom. The summed E-state index contributed by atoms with van der Waals surface area (Å²) in [6, 6.07) is 0.622. The molecule has 0 radical (unpaired) electrons. The molecule has 90 valence electrons. The number of nitrogens with one attached hydrogen (secondary N) is 2. The molecule has 0 unspecified atom stereocenters. The van der Waals surface area contributed by atoms with Crippen LogP contribution in [0.15, 0.2) is 0 Å². The first-order chi connectivity index (χ1) is 6.49. The van der Waals surface area contributed by atoms with Gasteiger partial charge in [0.25, 0.3) is 0 Å². The van der Waals surface area contributed by atoms with Crippen LogP contribution in [-0.4, -0.2) is 22.7 Å². The average Bonchev–Trinajstić information content (AvgIpc) is 1.70. The molecule has 0 aromatic heterocycles. The van der Waals surface area contributed by atoms with Gasteiger partial charge >= 0.3 is 0 Å². The Balaban J connectivity index is 2.68. The van der Waals surface area contributed by atoms with Crippen molar-refractivity contribution in [1.29, 1.82) is 0 Å². The Hall–Kier alpha value is -0.0800. The quantitative estimate of drug-likeness (QED) is 0.698. The number of hydrogen-bond donors (Lipinski definition) is 2. The molecule has 1 heterocycles. The summed E-state index contributed by atoms with van der Waals surface area (Å²) >= 11 is 0. The van der Waals surface area contributed by atoms with Crippen LogP contribution in [0, 0.1) is 0 Å². The molecule has 0 aliphatic carbocycles. The van der Waals surface area contributed by atoms with E-state index in [9.17, 15) is 0 Å². The van der Waals surface area contributed by atoms with E-state index in [-0.39, 0.29) is 16.6 Å². The molecule has 0 saturated carbocycles. The number of piperidine rings is 1. The second-order valence-electron chi connectivity index (χ2n) is 7.39. The van der Waals surface area contributed by atoms with Crippen LogP contribution in [-0.2, 0) is 0 Å². The van der Waals surface area contributed by atoms with Crippen LogP contribution in [0.4, 0.5) is 0 Å². The molecule has 0 bridgehead atoms. The fourth-order valence-electron chi connectivity index (χ4n) is 3.04. The molecule has 1 aliphatic rings. The van der Waals surface area contributed by atoms with Crippen LogP contribution >= 0.6 is 0 Å². The summed E-state index contributed by atoms with van der Waals surface area (Å²) in [7, 11) is 0. The van der Waals surface area contributed by atoms with Crippen molar-refractivity contribution < 1.29 is 0 Å². The lowest BCUT2D eigenvalue weighted by Crippen LogP contribution is -2.63. The minimum atomic E-state index is 0.216. The smallest absolute Gasteiger partial charge is 0.0144 e. The van der Waals surface area contributed by atoms with E-state index in [0.717, 1.165) is 0 Å². The molecular weight excluding hydrogens is 184 g/mol. The molecule has 1 rings (SSSR count). The number of hydrogen-bond acceptors (Lipinski definition) is 2. The van der Waals surface area contributed by atoms with E-state index in [2.05, 4.69) is 59.1 Å². The van der Waals surface area contributed by atoms with Gasteiger partial charge in [-0.15, -0.1) is 0 Å². The Labute approximate surface area is 95.2 Å². The van der Waals surface area contributed by atoms with E-state index in [0.29, 0.717) is 6.04 Å². The highest BCUT2D eigenvalue weighted by Crippen LogP contribution is 2.29. The molecule has 2 heteroatoms. The molecule has 2 N–H and O–H groups in total. The van der Waals surface area contributed by atoms with Gasteiger partial charge < -0.3 is 10.6 Å². The largest absolute Gasteiger partial charge is 0.309 e. The Morgan fingerprint density at radius 1 is 1.00 bits per heavy atom. The van der Waals surface area contributed by atoms with Crippen molar-refractivity contribution in [2.75, 3.05) is 0 Å². The molecule has 1 saturated heterocycles. The molecule has 0 atom stereocenters. The molecule has 0 aromatic rings. The van der Waals surface area contributed by atoms with E-state index >= 15 is 0 Å². The average molecular weight is 212 g/mol. The van der Waals surface area contributed by atoms with Crippen LogP contribution in [0.5, 0.6) is 0 Å². The van der Waals surface area contributed by atoms with Gasteiger partial charge in [-0.2, -0.15) is 0 Å². The fraction of sp³-hybridized carbons (Fsp3) is 1.00. The normalized spacial score (nSPS) is 26.6. The lowest BCUT2D eigenvalue weighted by Gasteiger charge is -2.48. The van der Waals surface area contributed by atoms with Gasteiger partial charge in [-0.25, -0.2) is 0 Å². The molecule has 1 fully saturated rings. The van der Waals surface area contributed by atoms with Gasteiger partial charge in [-0.05, 0) is 61.3 Å². The zero-order chi connectivity index (χ0) is 11.9. The van der Waals surface area contributed by atoms with Gasteiger partial charge in [0.1, 0.15) is 0 Å². The van der Waals surface area contributed by atoms with E-state index in [1.165, 1.54) is 12.8 Å². The molecular formula is C13H28N2.